The average molecular weight is 261 g/mol. The van der Waals surface area contributed by atoms with Crippen LogP contribution in [0.3, 0.4) is 0 Å². The lowest BCUT2D eigenvalue weighted by atomic mass is 9.97. The van der Waals surface area contributed by atoms with Gasteiger partial charge in [-0.05, 0) is 45.1 Å². The summed E-state index contributed by atoms with van der Waals surface area (Å²) < 4.78 is 5.30. The van der Waals surface area contributed by atoms with Crippen LogP contribution in [0.25, 0.3) is 0 Å². The number of nitrogen functional groups attached to an aromatic ring is 1. The van der Waals surface area contributed by atoms with Gasteiger partial charge in [-0.3, -0.25) is 10.8 Å². The summed E-state index contributed by atoms with van der Waals surface area (Å²) in [5, 5.41) is 15.7. The molecule has 0 aromatic carbocycles. The van der Waals surface area contributed by atoms with Crippen LogP contribution >= 0.6 is 0 Å². The third-order valence-electron chi connectivity index (χ3n) is 3.32. The molecule has 0 amide bonds. The van der Waals surface area contributed by atoms with E-state index in [0.717, 1.165) is 25.9 Å². The van der Waals surface area contributed by atoms with Crippen LogP contribution < -0.4 is 5.73 Å². The van der Waals surface area contributed by atoms with Gasteiger partial charge in [-0.15, -0.1) is 0 Å². The van der Waals surface area contributed by atoms with Crippen LogP contribution in [0.4, 0.5) is 5.69 Å². The lowest BCUT2D eigenvalue weighted by molar-refractivity contribution is 0.240. The van der Waals surface area contributed by atoms with Crippen molar-refractivity contribution in [2.45, 2.75) is 12.8 Å². The first-order valence-electron chi connectivity index (χ1n) is 6.31. The molecule has 0 spiro atoms. The van der Waals surface area contributed by atoms with Crippen molar-refractivity contribution < 1.29 is 4.74 Å². The maximum atomic E-state index is 7.94. The summed E-state index contributed by atoms with van der Waals surface area (Å²) in [6.45, 7) is 1.92. The molecule has 2 heterocycles. The smallest absolute Gasteiger partial charge is 0.239 e. The summed E-state index contributed by atoms with van der Waals surface area (Å²) in [5.74, 6) is 0.172. The standard InChI is InChI=1S/C13H19N5O/c1-18-6-4-9(5-7-18)12(15)19-13(16)11-3-2-10(14)8-17-11/h2-3,8-9,15-16H,4-7,14H2,1H3. The highest BCUT2D eigenvalue weighted by atomic mass is 16.5. The molecule has 4 N–H and O–H groups in total. The van der Waals surface area contributed by atoms with Crippen molar-refractivity contribution in [2.24, 2.45) is 5.92 Å². The molecule has 1 aromatic heterocycles. The van der Waals surface area contributed by atoms with E-state index in [1.807, 2.05) is 0 Å². The molecule has 0 bridgehead atoms. The third kappa shape index (κ3) is 3.51. The van der Waals surface area contributed by atoms with Crippen LogP contribution in [0.15, 0.2) is 18.3 Å². The molecule has 0 radical (unpaired) electrons. The Morgan fingerprint density at radius 1 is 1.37 bits per heavy atom. The monoisotopic (exact) mass is 261 g/mol. The Kier molecular flexibility index (Phi) is 4.11. The number of piperidine rings is 1. The number of hydrogen-bond acceptors (Lipinski definition) is 6. The lowest BCUT2D eigenvalue weighted by Gasteiger charge is -2.28. The number of nitrogens with one attached hydrogen (secondary N) is 2. The number of ether oxygens (including phenoxy) is 1. The zero-order chi connectivity index (χ0) is 13.8. The first-order valence-corrected chi connectivity index (χ1v) is 6.31. The van der Waals surface area contributed by atoms with E-state index < -0.39 is 0 Å². The molecule has 1 saturated heterocycles. The van der Waals surface area contributed by atoms with E-state index >= 15 is 0 Å². The van der Waals surface area contributed by atoms with E-state index in [4.69, 9.17) is 21.3 Å². The Morgan fingerprint density at radius 2 is 2.05 bits per heavy atom. The fraction of sp³-hybridized carbons (Fsp3) is 0.462. The number of aromatic nitrogens is 1. The summed E-state index contributed by atoms with van der Waals surface area (Å²) in [7, 11) is 2.07. The van der Waals surface area contributed by atoms with Crippen molar-refractivity contribution in [3.8, 4) is 0 Å². The minimum atomic E-state index is -0.0936. The normalized spacial score (nSPS) is 17.1. The molecule has 0 atom stereocenters. The number of hydrogen-bond donors (Lipinski definition) is 3. The van der Waals surface area contributed by atoms with Gasteiger partial charge in [0.25, 0.3) is 0 Å². The number of likely N-dealkylation sites (tertiary alicyclic amines) is 1. The van der Waals surface area contributed by atoms with E-state index in [1.165, 1.54) is 6.20 Å². The second kappa shape index (κ2) is 5.79. The second-order valence-corrected chi connectivity index (χ2v) is 4.85. The van der Waals surface area contributed by atoms with E-state index in [-0.39, 0.29) is 17.7 Å². The van der Waals surface area contributed by atoms with Gasteiger partial charge in [0, 0.05) is 5.92 Å². The molecular weight excluding hydrogens is 242 g/mol. The van der Waals surface area contributed by atoms with E-state index in [2.05, 4.69) is 16.9 Å². The Hall–Kier alpha value is -1.95. The van der Waals surface area contributed by atoms with Gasteiger partial charge >= 0.3 is 0 Å². The molecule has 19 heavy (non-hydrogen) atoms. The highest BCUT2D eigenvalue weighted by Gasteiger charge is 2.23. The number of nitrogens with two attached hydrogens (primary N) is 1. The van der Waals surface area contributed by atoms with Gasteiger partial charge in [-0.25, -0.2) is 4.98 Å². The van der Waals surface area contributed by atoms with Gasteiger partial charge in [-0.1, -0.05) is 0 Å². The minimum absolute atomic E-state index is 0.0936. The largest absolute Gasteiger partial charge is 0.423 e. The number of nitrogens with zero attached hydrogens (tertiary/aromatic N) is 2. The molecule has 1 aliphatic heterocycles. The lowest BCUT2D eigenvalue weighted by Crippen LogP contribution is -2.34. The molecule has 6 heteroatoms. The van der Waals surface area contributed by atoms with Crippen LogP contribution in [0.1, 0.15) is 18.5 Å². The highest BCUT2D eigenvalue weighted by Crippen LogP contribution is 2.18. The Balaban J connectivity index is 1.91. The predicted molar refractivity (Wildman–Crippen MR) is 74.5 cm³/mol. The molecular formula is C13H19N5O. The summed E-state index contributed by atoms with van der Waals surface area (Å²) in [6, 6.07) is 3.29. The van der Waals surface area contributed by atoms with Crippen LogP contribution in [-0.4, -0.2) is 41.8 Å². The molecule has 2 rings (SSSR count). The van der Waals surface area contributed by atoms with Gasteiger partial charge < -0.3 is 15.4 Å². The molecule has 102 valence electrons. The van der Waals surface area contributed by atoms with Gasteiger partial charge in [0.15, 0.2) is 5.90 Å². The summed E-state index contributed by atoms with van der Waals surface area (Å²) in [5.41, 5.74) is 6.48. The van der Waals surface area contributed by atoms with Gasteiger partial charge in [-0.2, -0.15) is 0 Å². The first-order chi connectivity index (χ1) is 9.06. The zero-order valence-corrected chi connectivity index (χ0v) is 11.0. The summed E-state index contributed by atoms with van der Waals surface area (Å²) in [4.78, 5) is 6.24. The topological polar surface area (TPSA) is 99.1 Å². The van der Waals surface area contributed by atoms with Gasteiger partial charge in [0.2, 0.25) is 5.90 Å². The Labute approximate surface area is 112 Å². The van der Waals surface area contributed by atoms with Crippen molar-refractivity contribution in [3.05, 3.63) is 24.0 Å². The molecule has 1 fully saturated rings. The fourth-order valence-corrected chi connectivity index (χ4v) is 2.06. The van der Waals surface area contributed by atoms with Gasteiger partial charge in [0.1, 0.15) is 5.69 Å². The average Bonchev–Trinajstić information content (AvgIpc) is 2.40. The molecule has 1 aromatic rings. The summed E-state index contributed by atoms with van der Waals surface area (Å²) >= 11 is 0. The highest BCUT2D eigenvalue weighted by molar-refractivity contribution is 5.98. The molecule has 6 nitrogen and oxygen atoms in total. The number of anilines is 1. The Morgan fingerprint density at radius 3 is 2.63 bits per heavy atom. The quantitative estimate of drug-likeness (QED) is 0.552. The van der Waals surface area contributed by atoms with E-state index in [1.54, 1.807) is 12.1 Å². The summed E-state index contributed by atoms with van der Waals surface area (Å²) in [6.07, 6.45) is 3.28. The Bertz CT molecular complexity index is 462. The maximum absolute atomic E-state index is 7.94. The van der Waals surface area contributed by atoms with E-state index in [0.29, 0.717) is 11.4 Å². The molecule has 0 saturated carbocycles. The van der Waals surface area contributed by atoms with E-state index in [9.17, 15) is 0 Å². The molecule has 1 aliphatic rings. The number of rotatable bonds is 2. The second-order valence-electron chi connectivity index (χ2n) is 4.85. The molecule has 0 unspecified atom stereocenters. The van der Waals surface area contributed by atoms with Crippen LogP contribution in [-0.2, 0) is 4.74 Å². The fourth-order valence-electron chi connectivity index (χ4n) is 2.06. The van der Waals surface area contributed by atoms with Gasteiger partial charge in [0.05, 0.1) is 11.9 Å². The van der Waals surface area contributed by atoms with Crippen LogP contribution in [0.2, 0.25) is 0 Å². The van der Waals surface area contributed by atoms with Crippen LogP contribution in [0.5, 0.6) is 0 Å². The third-order valence-corrected chi connectivity index (χ3v) is 3.32. The van der Waals surface area contributed by atoms with Crippen molar-refractivity contribution in [1.29, 1.82) is 10.8 Å². The number of pyridine rings is 1. The van der Waals surface area contributed by atoms with Crippen molar-refractivity contribution >= 4 is 17.5 Å². The maximum Gasteiger partial charge on any atom is 0.239 e. The van der Waals surface area contributed by atoms with Crippen LogP contribution in [0, 0.1) is 16.7 Å². The predicted octanol–water partition coefficient (Wildman–Crippen LogP) is 1.32. The zero-order valence-electron chi connectivity index (χ0n) is 11.0. The van der Waals surface area contributed by atoms with Crippen molar-refractivity contribution in [2.75, 3.05) is 25.9 Å². The SMILES string of the molecule is CN1CCC(C(=N)OC(=N)c2ccc(N)cn2)CC1. The van der Waals surface area contributed by atoms with Crippen molar-refractivity contribution in [3.63, 3.8) is 0 Å². The minimum Gasteiger partial charge on any atom is -0.423 e. The van der Waals surface area contributed by atoms with Crippen molar-refractivity contribution in [1.82, 2.24) is 9.88 Å². The first kappa shape index (κ1) is 13.5. The molecule has 0 aliphatic carbocycles.